The number of esters is 1. The average Bonchev–Trinajstić information content (AvgIpc) is 2.70. The predicted octanol–water partition coefficient (Wildman–Crippen LogP) is 4.15. The van der Waals surface area contributed by atoms with Crippen LogP contribution < -0.4 is 10.6 Å². The second-order valence-electron chi connectivity index (χ2n) is 7.00. The zero-order chi connectivity index (χ0) is 22.3. The first-order valence-corrected chi connectivity index (χ1v) is 9.75. The lowest BCUT2D eigenvalue weighted by Gasteiger charge is -2.13. The number of amides is 2. The molecular weight excluding hydrogens is 408 g/mol. The Morgan fingerprint density at radius 3 is 2.20 bits per heavy atom. The maximum Gasteiger partial charge on any atom is 0.340 e. The fourth-order valence-electron chi connectivity index (χ4n) is 2.65. The largest absolute Gasteiger partial charge is 0.465 e. The van der Waals surface area contributed by atoms with E-state index in [0.717, 1.165) is 11.1 Å². The highest BCUT2D eigenvalue weighted by atomic mass is 35.5. The molecule has 0 aliphatic heterocycles. The van der Waals surface area contributed by atoms with E-state index >= 15 is 0 Å². The molecule has 0 bridgehead atoms. The van der Waals surface area contributed by atoms with E-state index in [0.29, 0.717) is 16.6 Å². The van der Waals surface area contributed by atoms with Crippen LogP contribution in [0.4, 0.5) is 11.4 Å². The van der Waals surface area contributed by atoms with Crippen LogP contribution in [-0.4, -0.2) is 38.1 Å². The molecule has 30 heavy (non-hydrogen) atoms. The zero-order valence-electron chi connectivity index (χ0n) is 17.4. The van der Waals surface area contributed by atoms with Gasteiger partial charge in [-0.1, -0.05) is 37.6 Å². The van der Waals surface area contributed by atoms with Gasteiger partial charge in [0.2, 0.25) is 11.8 Å². The number of hydrogen-bond acceptors (Lipinski definition) is 5. The molecular formula is C22H25ClN2O5. The molecule has 0 radical (unpaired) electrons. The van der Waals surface area contributed by atoms with Crippen LogP contribution >= 0.6 is 11.6 Å². The van der Waals surface area contributed by atoms with Crippen molar-refractivity contribution in [3.63, 3.8) is 0 Å². The summed E-state index contributed by atoms with van der Waals surface area (Å²) >= 11 is 5.89. The van der Waals surface area contributed by atoms with Crippen molar-refractivity contribution in [3.05, 3.63) is 58.1 Å². The van der Waals surface area contributed by atoms with Gasteiger partial charge in [-0.2, -0.15) is 0 Å². The number of benzene rings is 2. The number of nitrogens with one attached hydrogen (secondary N) is 2. The van der Waals surface area contributed by atoms with E-state index in [4.69, 9.17) is 16.3 Å². The number of rotatable bonds is 8. The molecule has 160 valence electrons. The van der Waals surface area contributed by atoms with Crippen LogP contribution in [0.5, 0.6) is 0 Å². The Hall–Kier alpha value is -2.90. The Morgan fingerprint density at radius 2 is 1.60 bits per heavy atom. The first-order chi connectivity index (χ1) is 14.2. The monoisotopic (exact) mass is 432 g/mol. The van der Waals surface area contributed by atoms with Crippen molar-refractivity contribution in [2.75, 3.05) is 31.0 Å². The highest BCUT2D eigenvalue weighted by Crippen LogP contribution is 2.23. The Kier molecular flexibility index (Phi) is 8.38. The van der Waals surface area contributed by atoms with Gasteiger partial charge in [-0.25, -0.2) is 4.79 Å². The number of halogens is 1. The Bertz CT molecular complexity index is 943. The van der Waals surface area contributed by atoms with E-state index in [1.807, 2.05) is 25.1 Å². The second-order valence-corrected chi connectivity index (χ2v) is 7.44. The molecule has 7 nitrogen and oxygen atoms in total. The molecule has 8 heteroatoms. The first kappa shape index (κ1) is 23.4. The van der Waals surface area contributed by atoms with Gasteiger partial charge < -0.3 is 20.1 Å². The van der Waals surface area contributed by atoms with Gasteiger partial charge in [0, 0.05) is 10.7 Å². The molecule has 2 amide bonds. The molecule has 0 saturated carbocycles. The minimum atomic E-state index is -0.632. The van der Waals surface area contributed by atoms with Gasteiger partial charge in [-0.05, 0) is 48.2 Å². The summed E-state index contributed by atoms with van der Waals surface area (Å²) in [5.74, 6) is -1.18. The summed E-state index contributed by atoms with van der Waals surface area (Å²) in [6.07, 6.45) is 0. The van der Waals surface area contributed by atoms with Crippen molar-refractivity contribution in [1.82, 2.24) is 0 Å². The zero-order valence-corrected chi connectivity index (χ0v) is 18.1. The molecule has 0 fully saturated rings. The summed E-state index contributed by atoms with van der Waals surface area (Å²) < 4.78 is 9.89. The van der Waals surface area contributed by atoms with Crippen molar-refractivity contribution < 1.29 is 23.9 Å². The van der Waals surface area contributed by atoms with Gasteiger partial charge in [0.05, 0.1) is 18.4 Å². The summed E-state index contributed by atoms with van der Waals surface area (Å²) in [5.41, 5.74) is 3.12. The van der Waals surface area contributed by atoms with Crippen LogP contribution in [0, 0.1) is 6.92 Å². The van der Waals surface area contributed by atoms with Gasteiger partial charge in [0.25, 0.3) is 0 Å². The Balaban J connectivity index is 1.89. The van der Waals surface area contributed by atoms with Gasteiger partial charge >= 0.3 is 5.97 Å². The summed E-state index contributed by atoms with van der Waals surface area (Å²) in [6.45, 7) is 5.40. The fourth-order valence-corrected chi connectivity index (χ4v) is 2.82. The lowest BCUT2D eigenvalue weighted by atomic mass is 10.0. The van der Waals surface area contributed by atoms with Gasteiger partial charge in [-0.3, -0.25) is 9.59 Å². The normalized spacial score (nSPS) is 10.6. The molecule has 2 aromatic carbocycles. The van der Waals surface area contributed by atoms with E-state index in [-0.39, 0.29) is 30.4 Å². The predicted molar refractivity (Wildman–Crippen MR) is 116 cm³/mol. The third kappa shape index (κ3) is 6.57. The number of carbonyl (C=O) groups is 3. The number of carbonyl (C=O) groups excluding carboxylic acids is 3. The van der Waals surface area contributed by atoms with Crippen molar-refractivity contribution >= 4 is 40.8 Å². The maximum atomic E-state index is 12.2. The fraction of sp³-hybridized carbons (Fsp3) is 0.318. The molecule has 0 aromatic heterocycles. The number of aryl methyl sites for hydroxylation is 1. The van der Waals surface area contributed by atoms with Crippen LogP contribution in [0.15, 0.2) is 36.4 Å². The number of hydrogen-bond donors (Lipinski definition) is 2. The van der Waals surface area contributed by atoms with Gasteiger partial charge in [0.15, 0.2) is 0 Å². The van der Waals surface area contributed by atoms with Crippen molar-refractivity contribution in [3.8, 4) is 0 Å². The molecule has 0 atom stereocenters. The van der Waals surface area contributed by atoms with Gasteiger partial charge in [-0.15, -0.1) is 0 Å². The molecule has 0 heterocycles. The molecule has 0 aliphatic carbocycles. The lowest BCUT2D eigenvalue weighted by Crippen LogP contribution is -2.25. The second kappa shape index (κ2) is 10.8. The van der Waals surface area contributed by atoms with Crippen LogP contribution in [0.2, 0.25) is 5.02 Å². The van der Waals surface area contributed by atoms with Gasteiger partial charge in [0.1, 0.15) is 13.2 Å². The van der Waals surface area contributed by atoms with Crippen LogP contribution in [-0.2, 0) is 19.1 Å². The van der Waals surface area contributed by atoms with E-state index in [1.54, 1.807) is 0 Å². The number of methoxy groups -OCH3 is 1. The lowest BCUT2D eigenvalue weighted by molar-refractivity contribution is -0.125. The molecule has 0 saturated heterocycles. The molecule has 0 unspecified atom stereocenters. The number of anilines is 2. The van der Waals surface area contributed by atoms with Crippen LogP contribution in [0.1, 0.15) is 41.3 Å². The molecule has 2 N–H and O–H groups in total. The highest BCUT2D eigenvalue weighted by Gasteiger charge is 2.15. The molecule has 0 aliphatic rings. The number of ether oxygens (including phenoxy) is 2. The third-order valence-corrected chi connectivity index (χ3v) is 4.56. The highest BCUT2D eigenvalue weighted by molar-refractivity contribution is 6.31. The minimum Gasteiger partial charge on any atom is -0.465 e. The minimum absolute atomic E-state index is 0.122. The van der Waals surface area contributed by atoms with Crippen molar-refractivity contribution in [2.45, 2.75) is 26.7 Å². The maximum absolute atomic E-state index is 12.2. The van der Waals surface area contributed by atoms with E-state index in [1.165, 1.54) is 25.3 Å². The van der Waals surface area contributed by atoms with Crippen LogP contribution in [0.3, 0.4) is 0 Å². The quantitative estimate of drug-likeness (QED) is 0.611. The Labute approximate surface area is 180 Å². The van der Waals surface area contributed by atoms with Crippen molar-refractivity contribution in [1.29, 1.82) is 0 Å². The molecule has 2 aromatic rings. The SMILES string of the molecule is COC(=O)c1cc(Cl)ccc1NC(=O)COCC(=O)Nc1cc(C(C)C)ccc1C. The smallest absolute Gasteiger partial charge is 0.340 e. The van der Waals surface area contributed by atoms with Crippen molar-refractivity contribution in [2.24, 2.45) is 0 Å². The first-order valence-electron chi connectivity index (χ1n) is 9.37. The van der Waals surface area contributed by atoms with Crippen LogP contribution in [0.25, 0.3) is 0 Å². The Morgan fingerprint density at radius 1 is 0.967 bits per heavy atom. The molecule has 2 rings (SSSR count). The summed E-state index contributed by atoms with van der Waals surface area (Å²) in [6, 6.07) is 10.3. The summed E-state index contributed by atoms with van der Waals surface area (Å²) in [5, 5.41) is 5.68. The van der Waals surface area contributed by atoms with E-state index in [2.05, 4.69) is 29.2 Å². The summed E-state index contributed by atoms with van der Waals surface area (Å²) in [4.78, 5) is 36.1. The third-order valence-electron chi connectivity index (χ3n) is 4.33. The topological polar surface area (TPSA) is 93.7 Å². The standard InChI is InChI=1S/C22H25ClN2O5/c1-13(2)15-6-5-14(3)19(9-15)25-21(27)12-30-11-20(26)24-18-8-7-16(23)10-17(18)22(28)29-4/h5-10,13H,11-12H2,1-4H3,(H,24,26)(H,25,27). The van der Waals surface area contributed by atoms with E-state index in [9.17, 15) is 14.4 Å². The van der Waals surface area contributed by atoms with E-state index < -0.39 is 11.9 Å². The summed E-state index contributed by atoms with van der Waals surface area (Å²) in [7, 11) is 1.23. The molecule has 0 spiro atoms. The average molecular weight is 433 g/mol.